The maximum atomic E-state index is 5.61. The van der Waals surface area contributed by atoms with Crippen LogP contribution in [0.4, 0.5) is 0 Å². The molecule has 2 unspecified atom stereocenters. The van der Waals surface area contributed by atoms with Gasteiger partial charge in [0, 0.05) is 6.42 Å². The summed E-state index contributed by atoms with van der Waals surface area (Å²) in [5.74, 6) is 0.745. The lowest BCUT2D eigenvalue weighted by Crippen LogP contribution is -2.12. The maximum absolute atomic E-state index is 5.61. The van der Waals surface area contributed by atoms with Gasteiger partial charge in [0.2, 0.25) is 0 Å². The van der Waals surface area contributed by atoms with Crippen LogP contribution in [0.2, 0.25) is 0 Å². The van der Waals surface area contributed by atoms with Gasteiger partial charge in [-0.1, -0.05) is 5.21 Å². The van der Waals surface area contributed by atoms with Gasteiger partial charge in [0.1, 0.15) is 0 Å². The first-order valence-corrected chi connectivity index (χ1v) is 4.22. The lowest BCUT2D eigenvalue weighted by atomic mass is 10.1. The van der Waals surface area contributed by atoms with Gasteiger partial charge in [-0.15, -0.1) is 10.2 Å². The number of aromatic nitrogens is 4. The minimum Gasteiger partial charge on any atom is -0.375 e. The molecule has 0 amide bonds. The van der Waals surface area contributed by atoms with E-state index in [0.717, 1.165) is 25.1 Å². The number of rotatable bonds is 2. The first-order valence-electron chi connectivity index (χ1n) is 4.22. The Labute approximate surface area is 70.5 Å². The lowest BCUT2D eigenvalue weighted by Gasteiger charge is -2.07. The average molecular weight is 168 g/mol. The lowest BCUT2D eigenvalue weighted by molar-refractivity contribution is 0.0552. The highest BCUT2D eigenvalue weighted by molar-refractivity contribution is 4.84. The summed E-state index contributed by atoms with van der Waals surface area (Å²) in [7, 11) is 0. The fourth-order valence-corrected chi connectivity index (χ4v) is 1.51. The topological polar surface area (TPSA) is 63.7 Å². The minimum absolute atomic E-state index is 0.289. The first-order chi connectivity index (χ1) is 5.84. The number of ether oxygens (including phenoxy) is 1. The molecule has 12 heavy (non-hydrogen) atoms. The summed E-state index contributed by atoms with van der Waals surface area (Å²) in [5, 5.41) is 13.7. The molecule has 1 saturated heterocycles. The Morgan fingerprint density at radius 1 is 1.58 bits per heavy atom. The average Bonchev–Trinajstić information content (AvgIpc) is 2.63. The normalized spacial score (nSPS) is 29.4. The first kappa shape index (κ1) is 7.67. The van der Waals surface area contributed by atoms with Crippen LogP contribution in [0.15, 0.2) is 0 Å². The number of hydrogen-bond acceptors (Lipinski definition) is 4. The van der Waals surface area contributed by atoms with E-state index < -0.39 is 0 Å². The van der Waals surface area contributed by atoms with Gasteiger partial charge in [-0.25, -0.2) is 0 Å². The predicted octanol–water partition coefficient (Wildman–Crippen LogP) is 0.310. The third kappa shape index (κ3) is 1.61. The Kier molecular flexibility index (Phi) is 2.03. The molecule has 0 aromatic carbocycles. The second kappa shape index (κ2) is 3.18. The number of H-pyrrole nitrogens is 1. The van der Waals surface area contributed by atoms with Crippen LogP contribution >= 0.6 is 0 Å². The summed E-state index contributed by atoms with van der Waals surface area (Å²) in [6.07, 6.45) is 3.71. The summed E-state index contributed by atoms with van der Waals surface area (Å²) in [6.45, 7) is 2.09. The number of hydrogen-bond donors (Lipinski definition) is 1. The molecule has 0 bridgehead atoms. The minimum atomic E-state index is 0.289. The monoisotopic (exact) mass is 168 g/mol. The SMILES string of the molecule is CC1CCC(Cc2nn[nH]n2)O1. The smallest absolute Gasteiger partial charge is 0.177 e. The van der Waals surface area contributed by atoms with Gasteiger partial charge in [0.25, 0.3) is 0 Å². The Balaban J connectivity index is 1.88. The van der Waals surface area contributed by atoms with Crippen LogP contribution in [0.25, 0.3) is 0 Å². The summed E-state index contributed by atoms with van der Waals surface area (Å²) < 4.78 is 5.61. The molecule has 5 nitrogen and oxygen atoms in total. The highest BCUT2D eigenvalue weighted by atomic mass is 16.5. The van der Waals surface area contributed by atoms with Gasteiger partial charge in [0.05, 0.1) is 12.2 Å². The van der Waals surface area contributed by atoms with Crippen LogP contribution in [0.5, 0.6) is 0 Å². The van der Waals surface area contributed by atoms with E-state index in [1.165, 1.54) is 0 Å². The Morgan fingerprint density at radius 2 is 2.50 bits per heavy atom. The fraction of sp³-hybridized carbons (Fsp3) is 0.857. The van der Waals surface area contributed by atoms with Crippen molar-refractivity contribution in [2.45, 2.75) is 38.4 Å². The molecule has 5 heteroatoms. The van der Waals surface area contributed by atoms with Crippen LogP contribution in [-0.4, -0.2) is 32.8 Å². The third-order valence-electron chi connectivity index (χ3n) is 2.12. The Hall–Kier alpha value is -0.970. The summed E-state index contributed by atoms with van der Waals surface area (Å²) in [5.41, 5.74) is 0. The largest absolute Gasteiger partial charge is 0.375 e. The number of aromatic amines is 1. The van der Waals surface area contributed by atoms with E-state index in [4.69, 9.17) is 4.74 Å². The zero-order valence-corrected chi connectivity index (χ0v) is 7.03. The molecule has 1 aromatic heterocycles. The summed E-state index contributed by atoms with van der Waals surface area (Å²) in [4.78, 5) is 0. The van der Waals surface area contributed by atoms with Crippen molar-refractivity contribution in [1.82, 2.24) is 20.6 Å². The van der Waals surface area contributed by atoms with E-state index in [1.807, 2.05) is 0 Å². The number of nitrogens with one attached hydrogen (secondary N) is 1. The van der Waals surface area contributed by atoms with E-state index >= 15 is 0 Å². The zero-order valence-electron chi connectivity index (χ0n) is 7.03. The van der Waals surface area contributed by atoms with Crippen molar-refractivity contribution in [3.8, 4) is 0 Å². The second-order valence-electron chi connectivity index (χ2n) is 3.18. The fourth-order valence-electron chi connectivity index (χ4n) is 1.51. The standard InChI is InChI=1S/C7H12N4O/c1-5-2-3-6(12-5)4-7-8-10-11-9-7/h5-6H,2-4H2,1H3,(H,8,9,10,11). The third-order valence-corrected chi connectivity index (χ3v) is 2.12. The molecule has 1 aliphatic rings. The molecule has 1 aromatic rings. The number of nitrogens with zero attached hydrogens (tertiary/aromatic N) is 3. The van der Waals surface area contributed by atoms with Crippen LogP contribution in [-0.2, 0) is 11.2 Å². The van der Waals surface area contributed by atoms with E-state index in [-0.39, 0.29) is 6.10 Å². The van der Waals surface area contributed by atoms with Gasteiger partial charge in [0.15, 0.2) is 5.82 Å². The van der Waals surface area contributed by atoms with Gasteiger partial charge < -0.3 is 4.74 Å². The maximum Gasteiger partial charge on any atom is 0.177 e. The van der Waals surface area contributed by atoms with Gasteiger partial charge >= 0.3 is 0 Å². The van der Waals surface area contributed by atoms with Crippen molar-refractivity contribution in [3.05, 3.63) is 5.82 Å². The van der Waals surface area contributed by atoms with Crippen molar-refractivity contribution in [3.63, 3.8) is 0 Å². The second-order valence-corrected chi connectivity index (χ2v) is 3.18. The highest BCUT2D eigenvalue weighted by Crippen LogP contribution is 2.20. The van der Waals surface area contributed by atoms with Crippen molar-refractivity contribution in [1.29, 1.82) is 0 Å². The number of tetrazole rings is 1. The molecule has 0 spiro atoms. The molecular weight excluding hydrogens is 156 g/mol. The Bertz CT molecular complexity index is 236. The Morgan fingerprint density at radius 3 is 3.08 bits per heavy atom. The van der Waals surface area contributed by atoms with E-state index in [1.54, 1.807) is 0 Å². The molecular formula is C7H12N4O. The van der Waals surface area contributed by atoms with Crippen molar-refractivity contribution >= 4 is 0 Å². The van der Waals surface area contributed by atoms with Crippen molar-refractivity contribution in [2.24, 2.45) is 0 Å². The van der Waals surface area contributed by atoms with Crippen LogP contribution < -0.4 is 0 Å². The molecule has 2 atom stereocenters. The molecule has 0 saturated carbocycles. The molecule has 1 N–H and O–H groups in total. The molecule has 0 radical (unpaired) electrons. The van der Waals surface area contributed by atoms with Crippen LogP contribution in [0, 0.1) is 0 Å². The molecule has 0 aliphatic carbocycles. The molecule has 66 valence electrons. The van der Waals surface area contributed by atoms with Crippen molar-refractivity contribution in [2.75, 3.05) is 0 Å². The summed E-state index contributed by atoms with van der Waals surface area (Å²) in [6, 6.07) is 0. The molecule has 1 aliphatic heterocycles. The quantitative estimate of drug-likeness (QED) is 0.690. The van der Waals surface area contributed by atoms with E-state index in [9.17, 15) is 0 Å². The van der Waals surface area contributed by atoms with E-state index in [2.05, 4.69) is 27.5 Å². The van der Waals surface area contributed by atoms with Crippen LogP contribution in [0.1, 0.15) is 25.6 Å². The molecule has 1 fully saturated rings. The molecule has 2 heterocycles. The summed E-state index contributed by atoms with van der Waals surface area (Å²) >= 11 is 0. The zero-order chi connectivity index (χ0) is 8.39. The predicted molar refractivity (Wildman–Crippen MR) is 41.5 cm³/mol. The van der Waals surface area contributed by atoms with Gasteiger partial charge in [-0.05, 0) is 19.8 Å². The van der Waals surface area contributed by atoms with Gasteiger partial charge in [-0.3, -0.25) is 0 Å². The molecule has 2 rings (SSSR count). The van der Waals surface area contributed by atoms with Crippen molar-refractivity contribution < 1.29 is 4.74 Å². The van der Waals surface area contributed by atoms with Gasteiger partial charge in [-0.2, -0.15) is 5.21 Å². The highest BCUT2D eigenvalue weighted by Gasteiger charge is 2.22. The van der Waals surface area contributed by atoms with Crippen LogP contribution in [0.3, 0.4) is 0 Å². The van der Waals surface area contributed by atoms with E-state index in [0.29, 0.717) is 6.10 Å².